The molecule has 5 heteroatoms. The van der Waals surface area contributed by atoms with Crippen LogP contribution in [0.4, 0.5) is 0 Å². The summed E-state index contributed by atoms with van der Waals surface area (Å²) in [5.74, 6) is 1.33. The van der Waals surface area contributed by atoms with Crippen LogP contribution in [0.1, 0.15) is 25.1 Å². The zero-order chi connectivity index (χ0) is 13.0. The Morgan fingerprint density at radius 3 is 2.72 bits per heavy atom. The highest BCUT2D eigenvalue weighted by Crippen LogP contribution is 2.23. The number of nitrogens with two attached hydrogens (primary N) is 1. The maximum absolute atomic E-state index is 5.90. The van der Waals surface area contributed by atoms with E-state index in [1.54, 1.807) is 18.6 Å². The molecular formula is C13H14BrN3O. The highest BCUT2D eigenvalue weighted by Gasteiger charge is 2.05. The number of halogens is 1. The van der Waals surface area contributed by atoms with Gasteiger partial charge in [-0.3, -0.25) is 9.97 Å². The maximum Gasteiger partial charge on any atom is 0.146 e. The number of nitrogens with zero attached hydrogens (tertiary/aromatic N) is 2. The van der Waals surface area contributed by atoms with Crippen LogP contribution < -0.4 is 10.5 Å². The van der Waals surface area contributed by atoms with Crippen molar-refractivity contribution in [1.82, 2.24) is 9.97 Å². The molecular weight excluding hydrogens is 294 g/mol. The van der Waals surface area contributed by atoms with Crippen LogP contribution in [0.15, 0.2) is 41.3 Å². The largest absolute Gasteiger partial charge is 0.454 e. The second-order valence-electron chi connectivity index (χ2n) is 3.87. The van der Waals surface area contributed by atoms with E-state index in [0.717, 1.165) is 16.6 Å². The molecule has 2 N–H and O–H groups in total. The third kappa shape index (κ3) is 3.27. The van der Waals surface area contributed by atoms with Gasteiger partial charge in [-0.1, -0.05) is 6.92 Å². The van der Waals surface area contributed by atoms with Crippen LogP contribution in [0, 0.1) is 0 Å². The fourth-order valence-electron chi connectivity index (χ4n) is 1.46. The summed E-state index contributed by atoms with van der Waals surface area (Å²) in [5.41, 5.74) is 6.77. The molecule has 0 aliphatic rings. The van der Waals surface area contributed by atoms with Crippen LogP contribution in [0.3, 0.4) is 0 Å². The van der Waals surface area contributed by atoms with Gasteiger partial charge in [0.15, 0.2) is 0 Å². The molecule has 0 fully saturated rings. The number of pyridine rings is 2. The molecule has 0 bridgehead atoms. The topological polar surface area (TPSA) is 61.0 Å². The summed E-state index contributed by atoms with van der Waals surface area (Å²) < 4.78 is 6.50. The van der Waals surface area contributed by atoms with E-state index >= 15 is 0 Å². The molecule has 0 aliphatic carbocycles. The van der Waals surface area contributed by atoms with Crippen LogP contribution in [0.5, 0.6) is 11.5 Å². The van der Waals surface area contributed by atoms with Gasteiger partial charge in [-0.15, -0.1) is 0 Å². The Hall–Kier alpha value is -1.46. The molecule has 0 spiro atoms. The first-order valence-corrected chi connectivity index (χ1v) is 6.48. The summed E-state index contributed by atoms with van der Waals surface area (Å²) in [6.45, 7) is 2.03. The summed E-state index contributed by atoms with van der Waals surface area (Å²) in [5, 5.41) is 0. The second kappa shape index (κ2) is 5.93. The van der Waals surface area contributed by atoms with Gasteiger partial charge in [0.1, 0.15) is 11.5 Å². The number of ether oxygens (including phenoxy) is 1. The van der Waals surface area contributed by atoms with Crippen molar-refractivity contribution in [2.45, 2.75) is 19.4 Å². The van der Waals surface area contributed by atoms with Gasteiger partial charge in [0.2, 0.25) is 0 Å². The molecule has 0 saturated heterocycles. The number of hydrogen-bond donors (Lipinski definition) is 1. The highest BCUT2D eigenvalue weighted by atomic mass is 79.9. The Morgan fingerprint density at radius 1 is 1.28 bits per heavy atom. The third-order valence-electron chi connectivity index (χ3n) is 2.49. The Kier molecular flexibility index (Phi) is 4.28. The van der Waals surface area contributed by atoms with E-state index in [1.165, 1.54) is 0 Å². The lowest BCUT2D eigenvalue weighted by Crippen LogP contribution is -2.10. The van der Waals surface area contributed by atoms with Crippen molar-refractivity contribution in [2.24, 2.45) is 5.73 Å². The van der Waals surface area contributed by atoms with Gasteiger partial charge in [0.05, 0.1) is 18.1 Å². The Morgan fingerprint density at radius 2 is 2.11 bits per heavy atom. The molecule has 0 aliphatic heterocycles. The lowest BCUT2D eigenvalue weighted by Gasteiger charge is -2.09. The smallest absolute Gasteiger partial charge is 0.146 e. The van der Waals surface area contributed by atoms with Crippen molar-refractivity contribution in [3.63, 3.8) is 0 Å². The van der Waals surface area contributed by atoms with Gasteiger partial charge in [-0.2, -0.15) is 0 Å². The van der Waals surface area contributed by atoms with E-state index in [9.17, 15) is 0 Å². The predicted molar refractivity (Wildman–Crippen MR) is 73.5 cm³/mol. The highest BCUT2D eigenvalue weighted by molar-refractivity contribution is 9.10. The molecule has 0 aromatic carbocycles. The van der Waals surface area contributed by atoms with E-state index in [4.69, 9.17) is 10.5 Å². The van der Waals surface area contributed by atoms with Gasteiger partial charge >= 0.3 is 0 Å². The first kappa shape index (κ1) is 13.0. The second-order valence-corrected chi connectivity index (χ2v) is 4.79. The molecule has 94 valence electrons. The monoisotopic (exact) mass is 307 g/mol. The summed E-state index contributed by atoms with van der Waals surface area (Å²) in [7, 11) is 0. The zero-order valence-electron chi connectivity index (χ0n) is 10.0. The molecule has 2 aromatic rings. The van der Waals surface area contributed by atoms with Crippen LogP contribution in [0.2, 0.25) is 0 Å². The number of aromatic nitrogens is 2. The van der Waals surface area contributed by atoms with Gasteiger partial charge in [0.25, 0.3) is 0 Å². The molecule has 0 amide bonds. The molecule has 0 radical (unpaired) electrons. The standard InChI is InChI=1S/C13H14BrN3O/c1-2-12(15)13-4-3-10(8-17-13)18-11-5-9(14)6-16-7-11/h3-8,12H,2,15H2,1H3/t12-/m1/s1. The normalized spacial score (nSPS) is 12.2. The third-order valence-corrected chi connectivity index (χ3v) is 2.93. The molecule has 4 nitrogen and oxygen atoms in total. The van der Waals surface area contributed by atoms with E-state index in [1.807, 2.05) is 25.1 Å². The van der Waals surface area contributed by atoms with E-state index in [0.29, 0.717) is 11.5 Å². The minimum Gasteiger partial charge on any atom is -0.454 e. The Bertz CT molecular complexity index is 516. The molecule has 2 heterocycles. The van der Waals surface area contributed by atoms with Crippen molar-refractivity contribution >= 4 is 15.9 Å². The lowest BCUT2D eigenvalue weighted by molar-refractivity contribution is 0.476. The summed E-state index contributed by atoms with van der Waals surface area (Å²) in [6, 6.07) is 5.57. The van der Waals surface area contributed by atoms with E-state index in [-0.39, 0.29) is 6.04 Å². The Balaban J connectivity index is 2.11. The van der Waals surface area contributed by atoms with Crippen LogP contribution >= 0.6 is 15.9 Å². The fraction of sp³-hybridized carbons (Fsp3) is 0.231. The van der Waals surface area contributed by atoms with Crippen molar-refractivity contribution in [3.8, 4) is 11.5 Å². The van der Waals surface area contributed by atoms with Gasteiger partial charge < -0.3 is 10.5 Å². The van der Waals surface area contributed by atoms with Crippen molar-refractivity contribution < 1.29 is 4.74 Å². The summed E-state index contributed by atoms with van der Waals surface area (Å²) in [4.78, 5) is 8.31. The van der Waals surface area contributed by atoms with Crippen molar-refractivity contribution in [3.05, 3.63) is 47.0 Å². The van der Waals surface area contributed by atoms with E-state index < -0.39 is 0 Å². The van der Waals surface area contributed by atoms with E-state index in [2.05, 4.69) is 25.9 Å². The molecule has 2 aromatic heterocycles. The number of hydrogen-bond acceptors (Lipinski definition) is 4. The van der Waals surface area contributed by atoms with Gasteiger partial charge in [-0.25, -0.2) is 0 Å². The van der Waals surface area contributed by atoms with Gasteiger partial charge in [-0.05, 0) is 40.5 Å². The SMILES string of the molecule is CC[C@@H](N)c1ccc(Oc2cncc(Br)c2)cn1. The number of rotatable bonds is 4. The average molecular weight is 308 g/mol. The lowest BCUT2D eigenvalue weighted by atomic mass is 10.1. The average Bonchev–Trinajstić information content (AvgIpc) is 2.39. The fourth-order valence-corrected chi connectivity index (χ4v) is 1.81. The van der Waals surface area contributed by atoms with Gasteiger partial charge in [0, 0.05) is 16.7 Å². The van der Waals surface area contributed by atoms with Crippen LogP contribution in [-0.4, -0.2) is 9.97 Å². The van der Waals surface area contributed by atoms with Crippen molar-refractivity contribution in [1.29, 1.82) is 0 Å². The Labute approximate surface area is 114 Å². The first-order valence-electron chi connectivity index (χ1n) is 5.69. The first-order chi connectivity index (χ1) is 8.69. The van der Waals surface area contributed by atoms with Crippen LogP contribution in [0.25, 0.3) is 0 Å². The molecule has 2 rings (SSSR count). The molecule has 0 unspecified atom stereocenters. The minimum absolute atomic E-state index is 0.0217. The van der Waals surface area contributed by atoms with Crippen molar-refractivity contribution in [2.75, 3.05) is 0 Å². The summed E-state index contributed by atoms with van der Waals surface area (Å²) in [6.07, 6.45) is 5.89. The predicted octanol–water partition coefficient (Wildman–Crippen LogP) is 3.44. The molecule has 18 heavy (non-hydrogen) atoms. The summed E-state index contributed by atoms with van der Waals surface area (Å²) >= 11 is 3.34. The molecule has 1 atom stereocenters. The van der Waals surface area contributed by atoms with Crippen LogP contribution in [-0.2, 0) is 0 Å². The quantitative estimate of drug-likeness (QED) is 0.940. The minimum atomic E-state index is -0.0217. The zero-order valence-corrected chi connectivity index (χ0v) is 11.6. The maximum atomic E-state index is 5.90. The molecule has 0 saturated carbocycles.